The van der Waals surface area contributed by atoms with Crippen molar-refractivity contribution >= 4 is 36.1 Å². The zero-order chi connectivity index (χ0) is 22.0. The first-order valence-corrected chi connectivity index (χ1v) is 10.4. The molecule has 0 radical (unpaired) electrons. The van der Waals surface area contributed by atoms with E-state index in [1.165, 1.54) is 24.5 Å². The summed E-state index contributed by atoms with van der Waals surface area (Å²) in [6, 6.07) is 2.89. The highest BCUT2D eigenvalue weighted by Crippen LogP contribution is 2.55. The fraction of sp³-hybridized carbons (Fsp3) is 0.333. The SMILES string of the molecule is O=S(=O)(Cl)c1cccnc1.O=S(=O)(O)C1C=NC=CC1(C(F)(F)F)C(F)(F)F. The van der Waals surface area contributed by atoms with E-state index in [-0.39, 0.29) is 17.3 Å². The van der Waals surface area contributed by atoms with E-state index in [0.717, 1.165) is 0 Å². The second-order valence-electron chi connectivity index (χ2n) is 5.04. The van der Waals surface area contributed by atoms with Crippen LogP contribution in [0.25, 0.3) is 0 Å². The lowest BCUT2D eigenvalue weighted by Crippen LogP contribution is -2.59. The van der Waals surface area contributed by atoms with Crippen LogP contribution < -0.4 is 0 Å². The van der Waals surface area contributed by atoms with Crippen molar-refractivity contribution in [1.82, 2.24) is 4.98 Å². The van der Waals surface area contributed by atoms with Gasteiger partial charge >= 0.3 is 12.4 Å². The molecular formula is C12H9ClF6N2O5S2. The van der Waals surface area contributed by atoms with E-state index in [1.807, 2.05) is 0 Å². The third kappa shape index (κ3) is 5.21. The van der Waals surface area contributed by atoms with Crippen molar-refractivity contribution in [3.05, 3.63) is 36.8 Å². The standard InChI is InChI=1S/C7H5F6NO3S.C5H4ClNO2S/c8-6(9,10)5(7(11,12)13)1-2-14-3-4(5)18(15,16)17;6-10(8,9)5-2-1-3-7-4-5/h1-4H,(H,15,16,17);1-4H. The minimum Gasteiger partial charge on any atom is -0.285 e. The maximum Gasteiger partial charge on any atom is 0.408 e. The van der Waals surface area contributed by atoms with Crippen molar-refractivity contribution in [2.45, 2.75) is 22.5 Å². The van der Waals surface area contributed by atoms with Crippen LogP contribution in [0.4, 0.5) is 26.3 Å². The van der Waals surface area contributed by atoms with Crippen molar-refractivity contribution in [3.8, 4) is 0 Å². The van der Waals surface area contributed by atoms with Crippen molar-refractivity contribution < 1.29 is 47.7 Å². The van der Waals surface area contributed by atoms with E-state index in [0.29, 0.717) is 0 Å². The summed E-state index contributed by atoms with van der Waals surface area (Å²) >= 11 is 0. The number of allylic oxidation sites excluding steroid dienone is 1. The average Bonchev–Trinajstić information content (AvgIpc) is 2.52. The molecule has 2 rings (SSSR count). The van der Waals surface area contributed by atoms with Crippen LogP contribution in [0.2, 0.25) is 0 Å². The Morgan fingerprint density at radius 2 is 1.61 bits per heavy atom. The van der Waals surface area contributed by atoms with Gasteiger partial charge < -0.3 is 0 Å². The quantitative estimate of drug-likeness (QED) is 0.400. The molecule has 0 aliphatic carbocycles. The molecule has 1 aromatic rings. The van der Waals surface area contributed by atoms with Gasteiger partial charge in [0.15, 0.2) is 0 Å². The Labute approximate surface area is 158 Å². The molecule has 0 spiro atoms. The molecule has 2 heterocycles. The summed E-state index contributed by atoms with van der Waals surface area (Å²) < 4.78 is 127. The molecule has 1 N–H and O–H groups in total. The fourth-order valence-corrected chi connectivity index (χ4v) is 3.72. The van der Waals surface area contributed by atoms with Gasteiger partial charge in [-0.15, -0.1) is 0 Å². The minimum atomic E-state index is -5.96. The van der Waals surface area contributed by atoms with E-state index in [4.69, 9.17) is 15.2 Å². The number of halogens is 7. The Hall–Kier alpha value is -1.71. The summed E-state index contributed by atoms with van der Waals surface area (Å²) in [7, 11) is -4.24. The number of hydrogen-bond donors (Lipinski definition) is 1. The first kappa shape index (κ1) is 24.3. The molecule has 1 aliphatic heterocycles. The smallest absolute Gasteiger partial charge is 0.285 e. The Bertz CT molecular complexity index is 944. The van der Waals surface area contributed by atoms with Crippen molar-refractivity contribution in [1.29, 1.82) is 0 Å². The molecule has 158 valence electrons. The van der Waals surface area contributed by atoms with Crippen molar-refractivity contribution in [2.24, 2.45) is 10.4 Å². The van der Waals surface area contributed by atoms with Crippen LogP contribution in [-0.2, 0) is 19.2 Å². The summed E-state index contributed by atoms with van der Waals surface area (Å²) in [5.41, 5.74) is -4.71. The van der Waals surface area contributed by atoms with E-state index < -0.39 is 48.3 Å². The summed E-state index contributed by atoms with van der Waals surface area (Å²) in [6.45, 7) is 0. The molecule has 16 heteroatoms. The van der Waals surface area contributed by atoms with E-state index in [9.17, 15) is 43.2 Å². The molecular weight excluding hydrogens is 466 g/mol. The maximum absolute atomic E-state index is 12.7. The van der Waals surface area contributed by atoms with Crippen LogP contribution in [0.15, 0.2) is 46.7 Å². The van der Waals surface area contributed by atoms with Gasteiger partial charge in [-0.05, 0) is 18.2 Å². The van der Waals surface area contributed by atoms with E-state index in [1.54, 1.807) is 0 Å². The average molecular weight is 475 g/mol. The first-order chi connectivity index (χ1) is 12.4. The van der Waals surface area contributed by atoms with Crippen molar-refractivity contribution in [3.63, 3.8) is 0 Å². The molecule has 1 atom stereocenters. The zero-order valence-corrected chi connectivity index (χ0v) is 15.4. The lowest BCUT2D eigenvalue weighted by Gasteiger charge is -2.38. The van der Waals surface area contributed by atoms with E-state index >= 15 is 0 Å². The number of nitrogens with zero attached hydrogens (tertiary/aromatic N) is 2. The number of rotatable bonds is 2. The van der Waals surface area contributed by atoms with Crippen LogP contribution in [0.1, 0.15) is 0 Å². The lowest BCUT2D eigenvalue weighted by atomic mass is 9.81. The Kier molecular flexibility index (Phi) is 6.92. The van der Waals surface area contributed by atoms with Crippen LogP contribution >= 0.6 is 10.7 Å². The van der Waals surface area contributed by atoms with Crippen LogP contribution in [-0.4, -0.2) is 50.2 Å². The van der Waals surface area contributed by atoms with Gasteiger partial charge in [-0.2, -0.15) is 34.8 Å². The van der Waals surface area contributed by atoms with Gasteiger partial charge in [-0.1, -0.05) is 0 Å². The monoisotopic (exact) mass is 474 g/mol. The van der Waals surface area contributed by atoms with Crippen molar-refractivity contribution in [2.75, 3.05) is 0 Å². The maximum atomic E-state index is 12.7. The topological polar surface area (TPSA) is 114 Å². The highest BCUT2D eigenvalue weighted by Gasteiger charge is 2.75. The third-order valence-electron chi connectivity index (χ3n) is 3.27. The van der Waals surface area contributed by atoms with Gasteiger partial charge in [0.2, 0.25) is 5.41 Å². The highest BCUT2D eigenvalue weighted by atomic mass is 35.7. The molecule has 28 heavy (non-hydrogen) atoms. The number of aromatic nitrogens is 1. The molecule has 0 bridgehead atoms. The molecule has 0 aromatic carbocycles. The second-order valence-corrected chi connectivity index (χ2v) is 9.14. The second kappa shape index (κ2) is 7.96. The predicted molar refractivity (Wildman–Crippen MR) is 84.8 cm³/mol. The summed E-state index contributed by atoms with van der Waals surface area (Å²) in [6.07, 6.45) is -9.60. The molecule has 1 unspecified atom stereocenters. The first-order valence-electron chi connectivity index (χ1n) is 6.60. The molecule has 0 saturated carbocycles. The van der Waals surface area contributed by atoms with Gasteiger partial charge in [-0.3, -0.25) is 14.5 Å². The van der Waals surface area contributed by atoms with Gasteiger partial charge in [0, 0.05) is 35.5 Å². The minimum absolute atomic E-state index is 0.0247. The largest absolute Gasteiger partial charge is 0.408 e. The van der Waals surface area contributed by atoms with E-state index in [2.05, 4.69) is 9.98 Å². The van der Waals surface area contributed by atoms with Crippen LogP contribution in [0.5, 0.6) is 0 Å². The van der Waals surface area contributed by atoms with Gasteiger partial charge in [-0.25, -0.2) is 8.42 Å². The molecule has 0 fully saturated rings. The Morgan fingerprint density at radius 3 is 1.89 bits per heavy atom. The summed E-state index contributed by atoms with van der Waals surface area (Å²) in [5.74, 6) is 0. The summed E-state index contributed by atoms with van der Waals surface area (Å²) in [5, 5.41) is -3.27. The Morgan fingerprint density at radius 1 is 1.07 bits per heavy atom. The molecule has 1 aromatic heterocycles. The van der Waals surface area contributed by atoms with Gasteiger partial charge in [0.25, 0.3) is 19.2 Å². The number of hydrogen-bond acceptors (Lipinski definition) is 6. The predicted octanol–water partition coefficient (Wildman–Crippen LogP) is 2.96. The van der Waals surface area contributed by atoms with Crippen LogP contribution in [0.3, 0.4) is 0 Å². The highest BCUT2D eigenvalue weighted by molar-refractivity contribution is 8.13. The molecule has 0 amide bonds. The Balaban J connectivity index is 0.000000330. The van der Waals surface area contributed by atoms with Crippen LogP contribution in [0, 0.1) is 5.41 Å². The normalized spacial score (nSPS) is 19.6. The fourth-order valence-electron chi connectivity index (χ4n) is 1.98. The summed E-state index contributed by atoms with van der Waals surface area (Å²) in [4.78, 5) is 6.51. The number of pyridine rings is 1. The molecule has 0 saturated heterocycles. The number of aliphatic imine (C=N–C) groups is 1. The lowest BCUT2D eigenvalue weighted by molar-refractivity contribution is -0.317. The van der Waals surface area contributed by atoms with Gasteiger partial charge in [0.1, 0.15) is 10.1 Å². The molecule has 7 nitrogen and oxygen atoms in total. The third-order valence-corrected chi connectivity index (χ3v) is 5.74. The molecule has 1 aliphatic rings. The number of alkyl halides is 6. The van der Waals surface area contributed by atoms with Gasteiger partial charge in [0.05, 0.1) is 0 Å². The zero-order valence-electron chi connectivity index (χ0n) is 13.1.